The van der Waals surface area contributed by atoms with E-state index in [9.17, 15) is 9.90 Å². The maximum Gasteiger partial charge on any atom is 0.260 e. The van der Waals surface area contributed by atoms with Crippen molar-refractivity contribution in [2.24, 2.45) is 5.41 Å². The van der Waals surface area contributed by atoms with Crippen LogP contribution in [0.25, 0.3) is 0 Å². The first kappa shape index (κ1) is 17.2. The Labute approximate surface area is 144 Å². The molecule has 5 nitrogen and oxygen atoms in total. The Bertz CT molecular complexity index is 592. The lowest BCUT2D eigenvalue weighted by Gasteiger charge is -2.53. The number of aliphatic hydroxyl groups is 1. The second-order valence-electron chi connectivity index (χ2n) is 7.32. The second kappa shape index (κ2) is 7.11. The number of carbonyl (C=O) groups excluding carboxylic acids is 1. The summed E-state index contributed by atoms with van der Waals surface area (Å²) in [5.41, 5.74) is 1.08. The van der Waals surface area contributed by atoms with Gasteiger partial charge in [0.05, 0.1) is 6.61 Å². The molecule has 0 aromatic heterocycles. The van der Waals surface area contributed by atoms with E-state index in [0.717, 1.165) is 37.1 Å². The van der Waals surface area contributed by atoms with Gasteiger partial charge in [-0.2, -0.15) is 0 Å². The van der Waals surface area contributed by atoms with Crippen molar-refractivity contribution in [3.05, 3.63) is 29.8 Å². The second-order valence-corrected chi connectivity index (χ2v) is 7.32. The first-order valence-corrected chi connectivity index (χ1v) is 8.82. The SMILES string of the molecule is Cc1cccc(OCC(=O)N2CC[C@@]3(CO)CCCN(C)[C@@H]3C2)c1. The van der Waals surface area contributed by atoms with Gasteiger partial charge in [-0.05, 0) is 57.5 Å². The maximum absolute atomic E-state index is 12.6. The number of rotatable bonds is 4. The van der Waals surface area contributed by atoms with Crippen LogP contribution in [0.5, 0.6) is 5.75 Å². The Hall–Kier alpha value is -1.59. The number of likely N-dealkylation sites (N-methyl/N-ethyl adjacent to an activating group) is 1. The number of hydrogen-bond donors (Lipinski definition) is 1. The Morgan fingerprint density at radius 3 is 2.96 bits per heavy atom. The van der Waals surface area contributed by atoms with Crippen LogP contribution in [-0.2, 0) is 4.79 Å². The van der Waals surface area contributed by atoms with Gasteiger partial charge >= 0.3 is 0 Å². The molecule has 1 amide bonds. The summed E-state index contributed by atoms with van der Waals surface area (Å²) < 4.78 is 5.66. The molecule has 0 bridgehead atoms. The highest BCUT2D eigenvalue weighted by Crippen LogP contribution is 2.41. The zero-order valence-corrected chi connectivity index (χ0v) is 14.7. The fraction of sp³-hybridized carbons (Fsp3) is 0.632. The van der Waals surface area contributed by atoms with Crippen molar-refractivity contribution in [3.63, 3.8) is 0 Å². The van der Waals surface area contributed by atoms with Crippen LogP contribution in [0.1, 0.15) is 24.8 Å². The largest absolute Gasteiger partial charge is 0.484 e. The van der Waals surface area contributed by atoms with Crippen LogP contribution in [0, 0.1) is 12.3 Å². The molecule has 2 atom stereocenters. The van der Waals surface area contributed by atoms with E-state index in [1.807, 2.05) is 36.1 Å². The van der Waals surface area contributed by atoms with Gasteiger partial charge in [-0.1, -0.05) is 12.1 Å². The topological polar surface area (TPSA) is 53.0 Å². The molecular formula is C19H28N2O3. The molecule has 0 radical (unpaired) electrons. The highest BCUT2D eigenvalue weighted by Gasteiger charge is 2.47. The molecule has 2 heterocycles. The highest BCUT2D eigenvalue weighted by molar-refractivity contribution is 5.78. The molecule has 5 heteroatoms. The summed E-state index contributed by atoms with van der Waals surface area (Å²) >= 11 is 0. The van der Waals surface area contributed by atoms with E-state index >= 15 is 0 Å². The number of aryl methyl sites for hydroxylation is 1. The van der Waals surface area contributed by atoms with Crippen LogP contribution in [0.3, 0.4) is 0 Å². The van der Waals surface area contributed by atoms with Crippen LogP contribution in [-0.4, -0.2) is 66.8 Å². The lowest BCUT2D eigenvalue weighted by Crippen LogP contribution is -2.62. The third-order valence-electron chi connectivity index (χ3n) is 5.72. The zero-order valence-electron chi connectivity index (χ0n) is 14.7. The molecule has 0 saturated carbocycles. The summed E-state index contributed by atoms with van der Waals surface area (Å²) in [5, 5.41) is 9.94. The molecule has 24 heavy (non-hydrogen) atoms. The monoisotopic (exact) mass is 332 g/mol. The molecule has 0 aliphatic carbocycles. The molecule has 2 saturated heterocycles. The smallest absolute Gasteiger partial charge is 0.260 e. The number of fused-ring (bicyclic) bond motifs is 1. The average Bonchev–Trinajstić information content (AvgIpc) is 2.60. The van der Waals surface area contributed by atoms with Crippen molar-refractivity contribution in [1.82, 2.24) is 9.80 Å². The third kappa shape index (κ3) is 3.42. The summed E-state index contributed by atoms with van der Waals surface area (Å²) in [4.78, 5) is 16.8. The summed E-state index contributed by atoms with van der Waals surface area (Å²) in [6.07, 6.45) is 3.05. The normalized spacial score (nSPS) is 27.6. The Kier molecular flexibility index (Phi) is 5.11. The average molecular weight is 332 g/mol. The van der Waals surface area contributed by atoms with Gasteiger partial charge in [0.25, 0.3) is 5.91 Å². The van der Waals surface area contributed by atoms with Gasteiger partial charge in [0.1, 0.15) is 5.75 Å². The third-order valence-corrected chi connectivity index (χ3v) is 5.72. The number of ether oxygens (including phenoxy) is 1. The fourth-order valence-electron chi connectivity index (χ4n) is 4.18. The molecular weight excluding hydrogens is 304 g/mol. The predicted octanol–water partition coefficient (Wildman–Crippen LogP) is 1.68. The van der Waals surface area contributed by atoms with Crippen LogP contribution >= 0.6 is 0 Å². The lowest BCUT2D eigenvalue weighted by molar-refractivity contribution is -0.141. The molecule has 1 N–H and O–H groups in total. The van der Waals surface area contributed by atoms with E-state index in [2.05, 4.69) is 11.9 Å². The molecule has 132 valence electrons. The minimum absolute atomic E-state index is 0.0296. The summed E-state index contributed by atoms with van der Waals surface area (Å²) in [6.45, 7) is 4.73. The number of hydrogen-bond acceptors (Lipinski definition) is 4. The van der Waals surface area contributed by atoms with E-state index in [0.29, 0.717) is 13.1 Å². The van der Waals surface area contributed by atoms with Crippen molar-refractivity contribution in [3.8, 4) is 5.75 Å². The van der Waals surface area contributed by atoms with E-state index in [1.54, 1.807) is 0 Å². The number of likely N-dealkylation sites (tertiary alicyclic amines) is 2. The quantitative estimate of drug-likeness (QED) is 0.911. The highest BCUT2D eigenvalue weighted by atomic mass is 16.5. The molecule has 2 fully saturated rings. The Balaban J connectivity index is 1.60. The van der Waals surface area contributed by atoms with E-state index in [1.165, 1.54) is 0 Å². The number of carbonyl (C=O) groups is 1. The molecule has 0 spiro atoms. The molecule has 2 aliphatic heterocycles. The first-order chi connectivity index (χ1) is 11.5. The Morgan fingerprint density at radius 2 is 2.21 bits per heavy atom. The molecule has 0 unspecified atom stereocenters. The molecule has 1 aromatic carbocycles. The summed E-state index contributed by atoms with van der Waals surface area (Å²) in [7, 11) is 2.10. The number of amides is 1. The maximum atomic E-state index is 12.6. The van der Waals surface area contributed by atoms with E-state index < -0.39 is 0 Å². The number of aliphatic hydroxyl groups excluding tert-OH is 1. The van der Waals surface area contributed by atoms with Crippen LogP contribution in [0.15, 0.2) is 24.3 Å². The van der Waals surface area contributed by atoms with Gasteiger partial charge in [0.2, 0.25) is 0 Å². The van der Waals surface area contributed by atoms with Gasteiger partial charge in [-0.25, -0.2) is 0 Å². The Morgan fingerprint density at radius 1 is 1.38 bits per heavy atom. The summed E-state index contributed by atoms with van der Waals surface area (Å²) in [6, 6.07) is 8.00. The molecule has 3 rings (SSSR count). The minimum atomic E-state index is -0.0405. The van der Waals surface area contributed by atoms with Crippen molar-refractivity contribution in [2.75, 3.05) is 39.9 Å². The van der Waals surface area contributed by atoms with Crippen molar-refractivity contribution < 1.29 is 14.6 Å². The van der Waals surface area contributed by atoms with Gasteiger partial charge < -0.3 is 19.6 Å². The molecule has 1 aromatic rings. The van der Waals surface area contributed by atoms with Crippen molar-refractivity contribution >= 4 is 5.91 Å². The van der Waals surface area contributed by atoms with E-state index in [4.69, 9.17) is 4.74 Å². The molecule has 2 aliphatic rings. The van der Waals surface area contributed by atoms with Gasteiger partial charge in [0, 0.05) is 24.5 Å². The van der Waals surface area contributed by atoms with Crippen LogP contribution in [0.4, 0.5) is 0 Å². The lowest BCUT2D eigenvalue weighted by atomic mass is 9.69. The van der Waals surface area contributed by atoms with Crippen molar-refractivity contribution in [2.45, 2.75) is 32.2 Å². The van der Waals surface area contributed by atoms with Gasteiger partial charge in [0.15, 0.2) is 6.61 Å². The van der Waals surface area contributed by atoms with E-state index in [-0.39, 0.29) is 30.6 Å². The number of benzene rings is 1. The minimum Gasteiger partial charge on any atom is -0.484 e. The van der Waals surface area contributed by atoms with Gasteiger partial charge in [-0.15, -0.1) is 0 Å². The van der Waals surface area contributed by atoms with Crippen LogP contribution < -0.4 is 4.74 Å². The van der Waals surface area contributed by atoms with Gasteiger partial charge in [-0.3, -0.25) is 4.79 Å². The van der Waals surface area contributed by atoms with Crippen molar-refractivity contribution in [1.29, 1.82) is 0 Å². The summed E-state index contributed by atoms with van der Waals surface area (Å²) in [5.74, 6) is 0.766. The predicted molar refractivity (Wildman–Crippen MR) is 93.0 cm³/mol. The van der Waals surface area contributed by atoms with Crippen LogP contribution in [0.2, 0.25) is 0 Å². The number of nitrogens with zero attached hydrogens (tertiary/aromatic N) is 2. The number of piperidine rings is 2. The zero-order chi connectivity index (χ0) is 17.2. The fourth-order valence-corrected chi connectivity index (χ4v) is 4.18. The first-order valence-electron chi connectivity index (χ1n) is 8.82. The standard InChI is InChI=1S/C19H28N2O3/c1-15-5-3-6-16(11-15)24-13-18(23)21-10-8-19(14-22)7-4-9-20(2)17(19)12-21/h3,5-6,11,17,22H,4,7-10,12-14H2,1-2H3/t17-,19-/m1/s1.